The molecule has 1 unspecified atom stereocenters. The number of anilines is 1. The van der Waals surface area contributed by atoms with E-state index >= 15 is 0 Å². The summed E-state index contributed by atoms with van der Waals surface area (Å²) in [5.41, 5.74) is 0.660. The Morgan fingerprint density at radius 2 is 2.21 bits per heavy atom. The zero-order chi connectivity index (χ0) is 13.5. The Morgan fingerprint density at radius 1 is 1.53 bits per heavy atom. The maximum Gasteiger partial charge on any atom is 0.320 e. The van der Waals surface area contributed by atoms with E-state index in [2.05, 4.69) is 15.8 Å². The molecule has 1 rings (SSSR count). The second-order valence-electron chi connectivity index (χ2n) is 3.94. The lowest BCUT2D eigenvalue weighted by Crippen LogP contribution is -2.41. The first-order valence-corrected chi connectivity index (χ1v) is 5.72. The number of rotatable bonds is 7. The molecule has 1 heterocycles. The number of nitrogens with one attached hydrogen (secondary N) is 2. The van der Waals surface area contributed by atoms with Crippen LogP contribution >= 0.6 is 12.4 Å². The van der Waals surface area contributed by atoms with Crippen LogP contribution in [0.15, 0.2) is 10.6 Å². The number of carboxylic acids is 1. The van der Waals surface area contributed by atoms with Gasteiger partial charge in [-0.05, 0) is 13.3 Å². The van der Waals surface area contributed by atoms with Gasteiger partial charge in [-0.25, -0.2) is 0 Å². The average Bonchev–Trinajstić information content (AvgIpc) is 2.69. The number of aromatic nitrogens is 1. The molecule has 1 aromatic heterocycles. The highest BCUT2D eigenvalue weighted by molar-refractivity contribution is 5.91. The standard InChI is InChI=1S/C11H17N3O4.ClH/c1-3-4-8(11(16)17)12-6-9(15)13-10-5-7(2)14-18-10;/h5,8,12H,3-4,6H2,1-2H3,(H,13,15)(H,16,17);1H. The molecule has 8 heteroatoms. The lowest BCUT2D eigenvalue weighted by molar-refractivity contribution is -0.139. The van der Waals surface area contributed by atoms with Gasteiger partial charge in [0.25, 0.3) is 0 Å². The van der Waals surface area contributed by atoms with Gasteiger partial charge < -0.3 is 9.63 Å². The van der Waals surface area contributed by atoms with Crippen LogP contribution in [-0.2, 0) is 9.59 Å². The van der Waals surface area contributed by atoms with Crippen molar-refractivity contribution in [3.63, 3.8) is 0 Å². The number of amides is 1. The van der Waals surface area contributed by atoms with Crippen molar-refractivity contribution in [2.45, 2.75) is 32.7 Å². The van der Waals surface area contributed by atoms with Gasteiger partial charge in [-0.3, -0.25) is 20.2 Å². The van der Waals surface area contributed by atoms with Gasteiger partial charge >= 0.3 is 5.97 Å². The van der Waals surface area contributed by atoms with Gasteiger partial charge in [0.05, 0.1) is 12.2 Å². The SMILES string of the molecule is CCCC(NCC(=O)Nc1cc(C)no1)C(=O)O.Cl. The minimum atomic E-state index is -0.958. The van der Waals surface area contributed by atoms with Crippen LogP contribution in [0.1, 0.15) is 25.5 Å². The molecule has 0 saturated carbocycles. The Labute approximate surface area is 117 Å². The van der Waals surface area contributed by atoms with Gasteiger partial charge in [-0.15, -0.1) is 12.4 Å². The Balaban J connectivity index is 0.00000324. The van der Waals surface area contributed by atoms with Crippen molar-refractivity contribution in [2.24, 2.45) is 0 Å². The first-order valence-electron chi connectivity index (χ1n) is 5.72. The summed E-state index contributed by atoms with van der Waals surface area (Å²) >= 11 is 0. The summed E-state index contributed by atoms with van der Waals surface area (Å²) in [6, 6.07) is 0.871. The van der Waals surface area contributed by atoms with Gasteiger partial charge in [-0.1, -0.05) is 18.5 Å². The van der Waals surface area contributed by atoms with E-state index in [-0.39, 0.29) is 30.7 Å². The van der Waals surface area contributed by atoms with E-state index in [9.17, 15) is 9.59 Å². The molecule has 7 nitrogen and oxygen atoms in total. The van der Waals surface area contributed by atoms with Crippen molar-refractivity contribution in [1.29, 1.82) is 0 Å². The summed E-state index contributed by atoms with van der Waals surface area (Å²) in [4.78, 5) is 22.3. The molecule has 0 aromatic carbocycles. The number of aryl methyl sites for hydroxylation is 1. The minimum Gasteiger partial charge on any atom is -0.480 e. The fraction of sp³-hybridized carbons (Fsp3) is 0.545. The van der Waals surface area contributed by atoms with E-state index in [1.165, 1.54) is 0 Å². The van der Waals surface area contributed by atoms with E-state index in [4.69, 9.17) is 9.63 Å². The number of carbonyl (C=O) groups is 2. The summed E-state index contributed by atoms with van der Waals surface area (Å²) in [6.45, 7) is 3.53. The van der Waals surface area contributed by atoms with Crippen molar-refractivity contribution in [2.75, 3.05) is 11.9 Å². The molecule has 0 radical (unpaired) electrons. The molecule has 1 atom stereocenters. The highest BCUT2D eigenvalue weighted by Gasteiger charge is 2.17. The van der Waals surface area contributed by atoms with Crippen LogP contribution < -0.4 is 10.6 Å². The molecule has 108 valence electrons. The fourth-order valence-electron chi connectivity index (χ4n) is 1.42. The van der Waals surface area contributed by atoms with Crippen LogP contribution in [0.3, 0.4) is 0 Å². The molecule has 0 aliphatic heterocycles. The number of hydrogen-bond acceptors (Lipinski definition) is 5. The lowest BCUT2D eigenvalue weighted by Gasteiger charge is -2.12. The number of carboxylic acid groups (broad SMARTS) is 1. The molecule has 3 N–H and O–H groups in total. The number of halogens is 1. The smallest absolute Gasteiger partial charge is 0.320 e. The zero-order valence-corrected chi connectivity index (χ0v) is 11.6. The average molecular weight is 292 g/mol. The lowest BCUT2D eigenvalue weighted by atomic mass is 10.2. The number of aliphatic carboxylic acids is 1. The summed E-state index contributed by atoms with van der Waals surface area (Å²) in [7, 11) is 0. The van der Waals surface area contributed by atoms with E-state index in [1.54, 1.807) is 13.0 Å². The van der Waals surface area contributed by atoms with E-state index < -0.39 is 12.0 Å². The summed E-state index contributed by atoms with van der Waals surface area (Å²) in [5.74, 6) is -1.07. The normalized spacial score (nSPS) is 11.5. The van der Waals surface area contributed by atoms with Crippen LogP contribution in [0.5, 0.6) is 0 Å². The largest absolute Gasteiger partial charge is 0.480 e. The summed E-state index contributed by atoms with van der Waals surface area (Å²) in [6.07, 6.45) is 1.21. The summed E-state index contributed by atoms with van der Waals surface area (Å²) < 4.78 is 4.81. The Bertz CT molecular complexity index is 422. The number of hydrogen-bond donors (Lipinski definition) is 3. The third-order valence-corrected chi connectivity index (χ3v) is 2.28. The Morgan fingerprint density at radius 3 is 2.68 bits per heavy atom. The molecule has 0 spiro atoms. The van der Waals surface area contributed by atoms with E-state index in [0.29, 0.717) is 12.1 Å². The molecule has 1 amide bonds. The Kier molecular flexibility index (Phi) is 7.78. The third kappa shape index (κ3) is 6.21. The van der Waals surface area contributed by atoms with E-state index in [1.807, 2.05) is 6.92 Å². The molecular weight excluding hydrogens is 274 g/mol. The topological polar surface area (TPSA) is 104 Å². The van der Waals surface area contributed by atoms with Gasteiger partial charge in [0, 0.05) is 6.07 Å². The second kappa shape index (κ2) is 8.49. The first kappa shape index (κ1) is 17.4. The van der Waals surface area contributed by atoms with Crippen LogP contribution in [0, 0.1) is 6.92 Å². The molecular formula is C11H18ClN3O4. The molecule has 0 aliphatic rings. The highest BCUT2D eigenvalue weighted by atomic mass is 35.5. The highest BCUT2D eigenvalue weighted by Crippen LogP contribution is 2.07. The van der Waals surface area contributed by atoms with Crippen LogP contribution in [-0.4, -0.2) is 34.7 Å². The molecule has 0 saturated heterocycles. The maximum atomic E-state index is 11.5. The van der Waals surface area contributed by atoms with Crippen molar-refractivity contribution < 1.29 is 19.2 Å². The predicted octanol–water partition coefficient (Wildman–Crippen LogP) is 1.19. The van der Waals surface area contributed by atoms with Crippen molar-refractivity contribution >= 4 is 30.2 Å². The molecule has 1 aromatic rings. The Hall–Kier alpha value is -1.60. The van der Waals surface area contributed by atoms with Crippen molar-refractivity contribution in [3.05, 3.63) is 11.8 Å². The predicted molar refractivity (Wildman–Crippen MR) is 71.5 cm³/mol. The van der Waals surface area contributed by atoms with Crippen LogP contribution in [0.2, 0.25) is 0 Å². The van der Waals surface area contributed by atoms with Gasteiger partial charge in [0.1, 0.15) is 6.04 Å². The quantitative estimate of drug-likeness (QED) is 0.697. The van der Waals surface area contributed by atoms with E-state index in [0.717, 1.165) is 6.42 Å². The van der Waals surface area contributed by atoms with Gasteiger partial charge in [-0.2, -0.15) is 0 Å². The first-order chi connectivity index (χ1) is 8.52. The van der Waals surface area contributed by atoms with Crippen LogP contribution in [0.25, 0.3) is 0 Å². The van der Waals surface area contributed by atoms with Crippen molar-refractivity contribution in [1.82, 2.24) is 10.5 Å². The number of carbonyl (C=O) groups excluding carboxylic acids is 1. The van der Waals surface area contributed by atoms with Crippen LogP contribution in [0.4, 0.5) is 5.88 Å². The van der Waals surface area contributed by atoms with Gasteiger partial charge in [0.15, 0.2) is 0 Å². The monoisotopic (exact) mass is 291 g/mol. The fourth-order valence-corrected chi connectivity index (χ4v) is 1.42. The molecule has 19 heavy (non-hydrogen) atoms. The number of nitrogens with zero attached hydrogens (tertiary/aromatic N) is 1. The zero-order valence-electron chi connectivity index (χ0n) is 10.8. The second-order valence-corrected chi connectivity index (χ2v) is 3.94. The molecule has 0 fully saturated rings. The van der Waals surface area contributed by atoms with Crippen molar-refractivity contribution in [3.8, 4) is 0 Å². The molecule has 0 bridgehead atoms. The third-order valence-electron chi connectivity index (χ3n) is 2.28. The summed E-state index contributed by atoms with van der Waals surface area (Å²) in [5, 5.41) is 17.7. The maximum absolute atomic E-state index is 11.5. The minimum absolute atomic E-state index is 0. The van der Waals surface area contributed by atoms with Gasteiger partial charge in [0.2, 0.25) is 11.8 Å². The molecule has 0 aliphatic carbocycles.